The van der Waals surface area contributed by atoms with E-state index < -0.39 is 0 Å². The van der Waals surface area contributed by atoms with Gasteiger partial charge in [0.2, 0.25) is 5.91 Å². The molecule has 6 heteroatoms. The summed E-state index contributed by atoms with van der Waals surface area (Å²) in [4.78, 5) is 22.5. The number of ether oxygens (including phenoxy) is 2. The van der Waals surface area contributed by atoms with Gasteiger partial charge in [-0.1, -0.05) is 84.9 Å². The van der Waals surface area contributed by atoms with E-state index in [-0.39, 0.29) is 18.4 Å². The average Bonchev–Trinajstić information content (AvgIpc) is 3.85. The summed E-state index contributed by atoms with van der Waals surface area (Å²) in [5, 5.41) is 2.99. The van der Waals surface area contributed by atoms with Crippen molar-refractivity contribution in [3.05, 3.63) is 143 Å². The van der Waals surface area contributed by atoms with Crippen molar-refractivity contribution in [1.82, 2.24) is 9.97 Å². The molecule has 1 saturated heterocycles. The van der Waals surface area contributed by atoms with Gasteiger partial charge in [0, 0.05) is 12.0 Å². The second-order valence-corrected chi connectivity index (χ2v) is 9.80. The van der Waals surface area contributed by atoms with E-state index in [1.807, 2.05) is 109 Å². The van der Waals surface area contributed by atoms with Crippen LogP contribution >= 0.6 is 0 Å². The third kappa shape index (κ3) is 6.60. The van der Waals surface area contributed by atoms with Gasteiger partial charge >= 0.3 is 0 Å². The monoisotopic (exact) mass is 527 g/mol. The van der Waals surface area contributed by atoms with Crippen molar-refractivity contribution < 1.29 is 14.3 Å². The number of rotatable bonds is 10. The molecule has 0 bridgehead atoms. The lowest BCUT2D eigenvalue weighted by atomic mass is 10.1. The Morgan fingerprint density at radius 2 is 1.50 bits per heavy atom. The summed E-state index contributed by atoms with van der Waals surface area (Å²) in [6.07, 6.45) is 2.71. The molecule has 4 aromatic carbocycles. The standard InChI is InChI=1S/C34H29N3O3/c38-33(20-25-11-13-28(14-12-25)32-23-40-32)37-34-30(19-24-7-3-1-4-8-24)36-31(21-35-34)27-15-17-29(18-16-27)39-22-26-9-5-2-6-10-26/h1-18,21,32H,19-20,22-23H2,(H,35,37,38). The van der Waals surface area contributed by atoms with Crippen LogP contribution in [0.3, 0.4) is 0 Å². The van der Waals surface area contributed by atoms with Crippen molar-refractivity contribution in [3.8, 4) is 17.0 Å². The van der Waals surface area contributed by atoms with Gasteiger partial charge in [-0.25, -0.2) is 9.97 Å². The molecule has 40 heavy (non-hydrogen) atoms. The topological polar surface area (TPSA) is 76.6 Å². The van der Waals surface area contributed by atoms with Gasteiger partial charge in [-0.3, -0.25) is 4.79 Å². The van der Waals surface area contributed by atoms with Crippen LogP contribution in [0, 0.1) is 0 Å². The van der Waals surface area contributed by atoms with Crippen molar-refractivity contribution in [2.24, 2.45) is 0 Å². The molecule has 5 aromatic rings. The number of aromatic nitrogens is 2. The van der Waals surface area contributed by atoms with Gasteiger partial charge in [-0.15, -0.1) is 0 Å². The van der Waals surface area contributed by atoms with E-state index in [4.69, 9.17) is 14.5 Å². The van der Waals surface area contributed by atoms with Gasteiger partial charge in [-0.05, 0) is 46.5 Å². The first-order valence-electron chi connectivity index (χ1n) is 13.4. The first-order valence-corrected chi connectivity index (χ1v) is 13.4. The minimum Gasteiger partial charge on any atom is -0.489 e. The lowest BCUT2D eigenvalue weighted by Crippen LogP contribution is -2.17. The van der Waals surface area contributed by atoms with Crippen LogP contribution < -0.4 is 10.1 Å². The highest BCUT2D eigenvalue weighted by Gasteiger charge is 2.24. The summed E-state index contributed by atoms with van der Waals surface area (Å²) in [5.41, 5.74) is 6.65. The lowest BCUT2D eigenvalue weighted by Gasteiger charge is -2.12. The van der Waals surface area contributed by atoms with Crippen LogP contribution in [-0.2, 0) is 29.0 Å². The highest BCUT2D eigenvalue weighted by molar-refractivity contribution is 5.92. The van der Waals surface area contributed by atoms with Crippen molar-refractivity contribution in [2.45, 2.75) is 25.6 Å². The van der Waals surface area contributed by atoms with Gasteiger partial charge < -0.3 is 14.8 Å². The molecule has 1 amide bonds. The molecule has 1 N–H and O–H groups in total. The van der Waals surface area contributed by atoms with E-state index in [1.54, 1.807) is 6.20 Å². The molecule has 0 aliphatic carbocycles. The SMILES string of the molecule is O=C(Cc1ccc(C2CO2)cc1)Nc1ncc(-c2ccc(OCc3ccccc3)cc2)nc1Cc1ccccc1. The second kappa shape index (κ2) is 11.9. The first kappa shape index (κ1) is 25.5. The van der Waals surface area contributed by atoms with E-state index in [0.29, 0.717) is 24.5 Å². The zero-order chi connectivity index (χ0) is 27.1. The number of carbonyl (C=O) groups excluding carboxylic acids is 1. The molecule has 1 aliphatic heterocycles. The van der Waals surface area contributed by atoms with Gasteiger partial charge in [0.05, 0.1) is 30.6 Å². The third-order valence-corrected chi connectivity index (χ3v) is 6.76. The third-order valence-electron chi connectivity index (χ3n) is 6.76. The van der Waals surface area contributed by atoms with Gasteiger partial charge in [0.1, 0.15) is 18.5 Å². The van der Waals surface area contributed by atoms with Crippen LogP contribution in [0.4, 0.5) is 5.82 Å². The summed E-state index contributed by atoms with van der Waals surface area (Å²) in [6.45, 7) is 1.28. The zero-order valence-electron chi connectivity index (χ0n) is 22.0. The summed E-state index contributed by atoms with van der Waals surface area (Å²) in [5.74, 6) is 1.13. The lowest BCUT2D eigenvalue weighted by molar-refractivity contribution is -0.115. The number of hydrogen-bond donors (Lipinski definition) is 1. The Balaban J connectivity index is 1.18. The molecule has 0 spiro atoms. The minimum absolute atomic E-state index is 0.133. The number of benzene rings is 4. The fourth-order valence-corrected chi connectivity index (χ4v) is 4.50. The fourth-order valence-electron chi connectivity index (χ4n) is 4.50. The van der Waals surface area contributed by atoms with E-state index in [9.17, 15) is 4.79 Å². The summed E-state index contributed by atoms with van der Waals surface area (Å²) >= 11 is 0. The van der Waals surface area contributed by atoms with Gasteiger partial charge in [0.25, 0.3) is 0 Å². The maximum Gasteiger partial charge on any atom is 0.229 e. The Morgan fingerprint density at radius 3 is 2.17 bits per heavy atom. The highest BCUT2D eigenvalue weighted by Crippen LogP contribution is 2.30. The maximum atomic E-state index is 13.0. The predicted molar refractivity (Wildman–Crippen MR) is 155 cm³/mol. The van der Waals surface area contributed by atoms with Crippen LogP contribution in [-0.4, -0.2) is 22.5 Å². The average molecular weight is 528 g/mol. The van der Waals surface area contributed by atoms with Gasteiger partial charge in [-0.2, -0.15) is 0 Å². The molecule has 1 atom stereocenters. The van der Waals surface area contributed by atoms with Gasteiger partial charge in [0.15, 0.2) is 5.82 Å². The smallest absolute Gasteiger partial charge is 0.229 e. The number of amides is 1. The Labute approximate surface area is 233 Å². The Morgan fingerprint density at radius 1 is 0.825 bits per heavy atom. The predicted octanol–water partition coefficient (Wildman–Crippen LogP) is 6.57. The largest absolute Gasteiger partial charge is 0.489 e. The van der Waals surface area contributed by atoms with Crippen LogP contribution in [0.1, 0.15) is 34.1 Å². The first-order chi connectivity index (χ1) is 19.7. The number of hydrogen-bond acceptors (Lipinski definition) is 5. The quantitative estimate of drug-likeness (QED) is 0.208. The van der Waals surface area contributed by atoms with Crippen molar-refractivity contribution >= 4 is 11.7 Å². The van der Waals surface area contributed by atoms with E-state index in [2.05, 4.69) is 10.3 Å². The molecule has 1 aromatic heterocycles. The molecular formula is C34H29N3O3. The molecular weight excluding hydrogens is 498 g/mol. The van der Waals surface area contributed by atoms with Crippen LogP contribution in [0.5, 0.6) is 5.75 Å². The van der Waals surface area contributed by atoms with Crippen LogP contribution in [0.15, 0.2) is 115 Å². The van der Waals surface area contributed by atoms with Crippen LogP contribution in [0.2, 0.25) is 0 Å². The number of nitrogens with zero attached hydrogens (tertiary/aromatic N) is 2. The van der Waals surface area contributed by atoms with E-state index >= 15 is 0 Å². The molecule has 1 fully saturated rings. The fraction of sp³-hybridized carbons (Fsp3) is 0.147. The molecule has 0 radical (unpaired) electrons. The summed E-state index contributed by atoms with van der Waals surface area (Å²) in [7, 11) is 0. The molecule has 1 unspecified atom stereocenters. The number of carbonyl (C=O) groups is 1. The Kier molecular flexibility index (Phi) is 7.59. The van der Waals surface area contributed by atoms with E-state index in [1.165, 1.54) is 0 Å². The summed E-state index contributed by atoms with van der Waals surface area (Å²) in [6, 6.07) is 36.0. The zero-order valence-corrected chi connectivity index (χ0v) is 22.0. The molecule has 6 nitrogen and oxygen atoms in total. The minimum atomic E-state index is -0.133. The second-order valence-electron chi connectivity index (χ2n) is 9.80. The Bertz CT molecular complexity index is 1570. The van der Waals surface area contributed by atoms with Crippen LogP contribution in [0.25, 0.3) is 11.3 Å². The maximum absolute atomic E-state index is 13.0. The normalized spacial score (nSPS) is 13.9. The van der Waals surface area contributed by atoms with Crippen molar-refractivity contribution in [1.29, 1.82) is 0 Å². The number of nitrogens with one attached hydrogen (secondary N) is 1. The Hall–Kier alpha value is -4.81. The number of epoxide rings is 1. The summed E-state index contributed by atoms with van der Waals surface area (Å²) < 4.78 is 11.3. The molecule has 2 heterocycles. The highest BCUT2D eigenvalue weighted by atomic mass is 16.6. The number of anilines is 1. The van der Waals surface area contributed by atoms with E-state index in [0.717, 1.165) is 45.9 Å². The molecule has 1 aliphatic rings. The molecule has 0 saturated carbocycles. The molecule has 6 rings (SSSR count). The molecule has 198 valence electrons. The van der Waals surface area contributed by atoms with Crippen molar-refractivity contribution in [3.63, 3.8) is 0 Å². The van der Waals surface area contributed by atoms with Crippen molar-refractivity contribution in [2.75, 3.05) is 11.9 Å².